The molecule has 1 aromatic rings. The van der Waals surface area contributed by atoms with Gasteiger partial charge in [-0.25, -0.2) is 9.65 Å². The lowest BCUT2D eigenvalue weighted by Gasteiger charge is -2.29. The van der Waals surface area contributed by atoms with E-state index in [1.807, 2.05) is 0 Å². The molecule has 0 heterocycles. The number of carbonyl (C=O) groups is 1. The molecule has 1 saturated carbocycles. The zero-order valence-electron chi connectivity index (χ0n) is 12.0. The third-order valence-electron chi connectivity index (χ3n) is 3.75. The van der Waals surface area contributed by atoms with Crippen molar-refractivity contribution in [2.45, 2.75) is 38.1 Å². The molecular weight excluding hydrogens is 331 g/mol. The number of halogens is 1. The lowest BCUT2D eigenvalue weighted by Crippen LogP contribution is -2.46. The molecule has 9 heteroatoms. The second kappa shape index (κ2) is 6.36. The number of nitrogens with one attached hydrogen (secondary N) is 1. The van der Waals surface area contributed by atoms with Crippen LogP contribution < -0.4 is 9.61 Å². The Morgan fingerprint density at radius 2 is 1.91 bits per heavy atom. The first-order valence-electron chi connectivity index (χ1n) is 6.78. The number of carbonyl (C=O) groups excluding carboxylic acids is 1. The Labute approximate surface area is 132 Å². The Hall–Kier alpha value is -1.43. The van der Waals surface area contributed by atoms with Gasteiger partial charge in [-0.2, -0.15) is 0 Å². The summed E-state index contributed by atoms with van der Waals surface area (Å²) in [7, 11) is 0. The van der Waals surface area contributed by atoms with E-state index in [4.69, 9.17) is 15.8 Å². The molecule has 120 valence electrons. The van der Waals surface area contributed by atoms with Crippen LogP contribution in [0.15, 0.2) is 24.3 Å². The van der Waals surface area contributed by atoms with E-state index in [1.165, 1.54) is 31.2 Å². The fourth-order valence-electron chi connectivity index (χ4n) is 2.56. The number of nitrogens with zero attached hydrogens (tertiary/aromatic N) is 1. The predicted molar refractivity (Wildman–Crippen MR) is 82.2 cm³/mol. The van der Waals surface area contributed by atoms with Gasteiger partial charge in [0.25, 0.3) is 5.69 Å². The van der Waals surface area contributed by atoms with Crippen molar-refractivity contribution >= 4 is 29.6 Å². The summed E-state index contributed by atoms with van der Waals surface area (Å²) in [6.45, 7) is -2.36. The van der Waals surface area contributed by atoms with Crippen molar-refractivity contribution in [1.29, 1.82) is 0 Å². The molecule has 0 bridgehead atoms. The first kappa shape index (κ1) is 16.9. The maximum absolute atomic E-state index is 12.4. The predicted octanol–water partition coefficient (Wildman–Crippen LogP) is 3.81. The van der Waals surface area contributed by atoms with Gasteiger partial charge in [0.05, 0.1) is 10.5 Å². The van der Waals surface area contributed by atoms with Crippen molar-refractivity contribution in [1.82, 2.24) is 5.09 Å². The standard InChI is InChI=1S/C13H16ClN2O5P/c1-10(17)13(8-2-3-9-13)15-22(14,20)21-12-6-4-11(5-7-12)16(18)19/h4-7H,2-3,8-9H2,1H3,(H,15,20). The summed E-state index contributed by atoms with van der Waals surface area (Å²) < 4.78 is 17.6. The quantitative estimate of drug-likeness (QED) is 0.477. The molecule has 1 fully saturated rings. The minimum absolute atomic E-state index is 0.110. The maximum atomic E-state index is 12.4. The van der Waals surface area contributed by atoms with Gasteiger partial charge in [0.15, 0.2) is 0 Å². The lowest BCUT2D eigenvalue weighted by molar-refractivity contribution is -0.384. The van der Waals surface area contributed by atoms with Crippen molar-refractivity contribution in [2.24, 2.45) is 0 Å². The molecule has 0 saturated heterocycles. The van der Waals surface area contributed by atoms with Gasteiger partial charge in [0.2, 0.25) is 0 Å². The van der Waals surface area contributed by atoms with Crippen LogP contribution in [0, 0.1) is 10.1 Å². The fourth-order valence-corrected chi connectivity index (χ4v) is 4.62. The molecule has 1 aromatic carbocycles. The molecule has 1 aliphatic carbocycles. The topological polar surface area (TPSA) is 98.5 Å². The van der Waals surface area contributed by atoms with Gasteiger partial charge in [-0.05, 0) is 31.9 Å². The van der Waals surface area contributed by atoms with Crippen LogP contribution >= 0.6 is 18.1 Å². The normalized spacial score (nSPS) is 19.4. The van der Waals surface area contributed by atoms with Gasteiger partial charge in [0, 0.05) is 23.4 Å². The highest BCUT2D eigenvalue weighted by atomic mass is 35.7. The Bertz CT molecular complexity index is 628. The summed E-state index contributed by atoms with van der Waals surface area (Å²) in [6.07, 6.45) is 2.81. The monoisotopic (exact) mass is 346 g/mol. The van der Waals surface area contributed by atoms with E-state index in [-0.39, 0.29) is 17.2 Å². The van der Waals surface area contributed by atoms with E-state index in [0.29, 0.717) is 12.8 Å². The van der Waals surface area contributed by atoms with Gasteiger partial charge in [-0.15, -0.1) is 0 Å². The molecule has 0 radical (unpaired) electrons. The minimum Gasteiger partial charge on any atom is -0.422 e. The molecule has 1 N–H and O–H groups in total. The third kappa shape index (κ3) is 3.85. The summed E-state index contributed by atoms with van der Waals surface area (Å²) in [5, 5.41) is 13.2. The maximum Gasteiger partial charge on any atom is 0.410 e. The number of nitro benzene ring substituents is 1. The third-order valence-corrected chi connectivity index (χ3v) is 5.35. The summed E-state index contributed by atoms with van der Waals surface area (Å²) in [4.78, 5) is 21.9. The Morgan fingerprint density at radius 1 is 1.36 bits per heavy atom. The summed E-state index contributed by atoms with van der Waals surface area (Å²) >= 11 is 5.92. The van der Waals surface area contributed by atoms with Crippen LogP contribution in [0.3, 0.4) is 0 Å². The Kier molecular flexibility index (Phi) is 4.90. The highest BCUT2D eigenvalue weighted by Gasteiger charge is 2.44. The Balaban J connectivity index is 2.11. The van der Waals surface area contributed by atoms with Gasteiger partial charge >= 0.3 is 6.87 Å². The van der Waals surface area contributed by atoms with Gasteiger partial charge in [-0.3, -0.25) is 14.9 Å². The molecule has 0 aliphatic heterocycles. The van der Waals surface area contributed by atoms with E-state index in [0.717, 1.165) is 12.8 Å². The average molecular weight is 347 g/mol. The number of non-ortho nitro benzene ring substituents is 1. The number of rotatable bonds is 6. The van der Waals surface area contributed by atoms with Crippen LogP contribution in [0.2, 0.25) is 0 Å². The van der Waals surface area contributed by atoms with Gasteiger partial charge in [0.1, 0.15) is 11.5 Å². The average Bonchev–Trinajstić information content (AvgIpc) is 2.87. The second-order valence-electron chi connectivity index (χ2n) is 5.28. The van der Waals surface area contributed by atoms with Gasteiger partial charge in [-0.1, -0.05) is 12.8 Å². The zero-order chi connectivity index (χ0) is 16.4. The number of hydrogen-bond acceptors (Lipinski definition) is 5. The van der Waals surface area contributed by atoms with Crippen LogP contribution in [0.5, 0.6) is 5.75 Å². The molecule has 2 rings (SSSR count). The summed E-state index contributed by atoms with van der Waals surface area (Å²) in [5.74, 6) is 0.00584. The van der Waals surface area contributed by atoms with Crippen molar-refractivity contribution < 1.29 is 18.8 Å². The molecular formula is C13H16ClN2O5P. The molecule has 1 atom stereocenters. The molecule has 22 heavy (non-hydrogen) atoms. The van der Waals surface area contributed by atoms with Crippen LogP contribution in [0.1, 0.15) is 32.6 Å². The van der Waals surface area contributed by atoms with Crippen molar-refractivity contribution in [2.75, 3.05) is 0 Å². The zero-order valence-corrected chi connectivity index (χ0v) is 13.6. The van der Waals surface area contributed by atoms with Crippen molar-refractivity contribution in [3.8, 4) is 5.75 Å². The first-order chi connectivity index (χ1) is 10.2. The molecule has 0 amide bonds. The number of nitro groups is 1. The lowest BCUT2D eigenvalue weighted by atomic mass is 9.95. The second-order valence-corrected chi connectivity index (χ2v) is 7.98. The summed E-state index contributed by atoms with van der Waals surface area (Å²) in [5.41, 5.74) is -1.03. The minimum atomic E-state index is -3.79. The Morgan fingerprint density at radius 3 is 2.36 bits per heavy atom. The summed E-state index contributed by atoms with van der Waals surface area (Å²) in [6, 6.07) is 5.07. The van der Waals surface area contributed by atoms with Crippen LogP contribution in [0.25, 0.3) is 0 Å². The van der Waals surface area contributed by atoms with Gasteiger partial charge < -0.3 is 4.52 Å². The number of Topliss-reactive ketones (excluding diaryl/α,β-unsaturated/α-hetero) is 1. The molecule has 1 unspecified atom stereocenters. The highest BCUT2D eigenvalue weighted by Crippen LogP contribution is 2.52. The molecule has 7 nitrogen and oxygen atoms in total. The highest BCUT2D eigenvalue weighted by molar-refractivity contribution is 7.84. The molecule has 0 spiro atoms. The largest absolute Gasteiger partial charge is 0.422 e. The molecule has 1 aliphatic rings. The van der Waals surface area contributed by atoms with Crippen molar-refractivity contribution in [3.05, 3.63) is 34.4 Å². The van der Waals surface area contributed by atoms with Crippen LogP contribution in [0.4, 0.5) is 5.69 Å². The van der Waals surface area contributed by atoms with E-state index in [2.05, 4.69) is 5.09 Å². The smallest absolute Gasteiger partial charge is 0.410 e. The van der Waals surface area contributed by atoms with Crippen molar-refractivity contribution in [3.63, 3.8) is 0 Å². The SMILES string of the molecule is CC(=O)C1(NP(=O)(Cl)Oc2ccc([N+](=O)[O-])cc2)CCCC1. The van der Waals surface area contributed by atoms with Crippen LogP contribution in [-0.2, 0) is 9.36 Å². The van der Waals surface area contributed by atoms with Crippen LogP contribution in [-0.4, -0.2) is 16.2 Å². The number of ketones is 1. The number of hydrogen-bond donors (Lipinski definition) is 1. The van der Waals surface area contributed by atoms with E-state index < -0.39 is 17.3 Å². The molecule has 0 aromatic heterocycles. The number of benzene rings is 1. The van der Waals surface area contributed by atoms with E-state index in [1.54, 1.807) is 0 Å². The van der Waals surface area contributed by atoms with E-state index in [9.17, 15) is 19.5 Å². The first-order valence-corrected chi connectivity index (χ1v) is 9.31. The van der Waals surface area contributed by atoms with E-state index >= 15 is 0 Å². The fraction of sp³-hybridized carbons (Fsp3) is 0.462.